The molecule has 1 aromatic rings. The summed E-state index contributed by atoms with van der Waals surface area (Å²) >= 11 is 0. The zero-order valence-electron chi connectivity index (χ0n) is 12.4. The van der Waals surface area contributed by atoms with Crippen LogP contribution in [0.25, 0.3) is 0 Å². The topological polar surface area (TPSA) is 71.9 Å². The van der Waals surface area contributed by atoms with Crippen LogP contribution in [0.5, 0.6) is 5.75 Å². The maximum Gasteiger partial charge on any atom is 0.387 e. The van der Waals surface area contributed by atoms with Gasteiger partial charge in [0.05, 0.1) is 18.9 Å². The average Bonchev–Trinajstić information content (AvgIpc) is 2.92. The molecule has 9 heteroatoms. The van der Waals surface area contributed by atoms with Gasteiger partial charge in [-0.3, -0.25) is 10.2 Å². The van der Waals surface area contributed by atoms with E-state index in [1.807, 2.05) is 0 Å². The Hall–Kier alpha value is -2.03. The Morgan fingerprint density at radius 2 is 2.04 bits per heavy atom. The van der Waals surface area contributed by atoms with Gasteiger partial charge in [0.2, 0.25) is 5.95 Å². The van der Waals surface area contributed by atoms with Crippen LogP contribution in [0.4, 0.5) is 14.7 Å². The van der Waals surface area contributed by atoms with Crippen molar-refractivity contribution in [2.24, 2.45) is 10.9 Å². The molecule has 4 aliphatic heterocycles. The Labute approximate surface area is 131 Å². The number of aromatic nitrogens is 2. The SMILES string of the molecule is FC(F)Oc1cnc(NC2=NCC3(CN4CCC3CC4)O2)nc1. The molecule has 0 aromatic carbocycles. The van der Waals surface area contributed by atoms with Crippen LogP contribution < -0.4 is 10.1 Å². The molecule has 0 amide bonds. The van der Waals surface area contributed by atoms with Crippen molar-refractivity contribution in [2.75, 3.05) is 31.5 Å². The third-order valence-corrected chi connectivity index (χ3v) is 4.69. The summed E-state index contributed by atoms with van der Waals surface area (Å²) in [5, 5.41) is 2.90. The van der Waals surface area contributed by atoms with E-state index in [9.17, 15) is 8.78 Å². The van der Waals surface area contributed by atoms with Gasteiger partial charge >= 0.3 is 6.61 Å². The first-order chi connectivity index (χ1) is 11.1. The lowest BCUT2D eigenvalue weighted by molar-refractivity contribution is -0.0829. The fourth-order valence-corrected chi connectivity index (χ4v) is 3.59. The fraction of sp³-hybridized carbons (Fsp3) is 0.643. The van der Waals surface area contributed by atoms with Gasteiger partial charge in [-0.15, -0.1) is 0 Å². The molecule has 1 atom stereocenters. The van der Waals surface area contributed by atoms with Crippen molar-refractivity contribution in [3.8, 4) is 5.75 Å². The van der Waals surface area contributed by atoms with E-state index in [1.54, 1.807) is 0 Å². The van der Waals surface area contributed by atoms with Crippen molar-refractivity contribution >= 4 is 12.0 Å². The zero-order chi connectivity index (χ0) is 15.9. The normalized spacial score (nSPS) is 32.0. The van der Waals surface area contributed by atoms with Crippen LogP contribution in [0.2, 0.25) is 0 Å². The first kappa shape index (κ1) is 14.6. The van der Waals surface area contributed by atoms with Crippen LogP contribution in [0.3, 0.4) is 0 Å². The number of aliphatic imine (C=N–C) groups is 1. The summed E-state index contributed by atoms with van der Waals surface area (Å²) in [6, 6.07) is 0.390. The Kier molecular flexibility index (Phi) is 3.51. The van der Waals surface area contributed by atoms with E-state index in [0.717, 1.165) is 32.5 Å². The molecule has 0 aliphatic carbocycles. The Morgan fingerprint density at radius 1 is 1.30 bits per heavy atom. The molecule has 5 rings (SSSR count). The molecular formula is C14H17F2N5O2. The van der Waals surface area contributed by atoms with Crippen LogP contribution in [-0.2, 0) is 4.74 Å². The van der Waals surface area contributed by atoms with Crippen molar-refractivity contribution < 1.29 is 18.3 Å². The number of nitrogens with zero attached hydrogens (tertiary/aromatic N) is 4. The molecule has 5 heterocycles. The summed E-state index contributed by atoms with van der Waals surface area (Å²) in [6.07, 6.45) is 4.64. The summed E-state index contributed by atoms with van der Waals surface area (Å²) < 4.78 is 34.5. The van der Waals surface area contributed by atoms with E-state index in [2.05, 4.69) is 29.9 Å². The Morgan fingerprint density at radius 3 is 2.65 bits per heavy atom. The van der Waals surface area contributed by atoms with Crippen molar-refractivity contribution in [3.05, 3.63) is 12.4 Å². The van der Waals surface area contributed by atoms with Crippen LogP contribution in [0.15, 0.2) is 17.4 Å². The third-order valence-electron chi connectivity index (χ3n) is 4.69. The lowest BCUT2D eigenvalue weighted by Crippen LogP contribution is -2.61. The standard InChI is InChI=1S/C14H17F2N5O2/c15-11(16)22-10-5-17-12(18-6-10)20-13-19-7-14(23-13)8-21-3-1-9(14)2-4-21/h5-6,9,11H,1-4,7-8H2,(H,17,18,19,20). The van der Waals surface area contributed by atoms with E-state index < -0.39 is 6.61 Å². The molecule has 23 heavy (non-hydrogen) atoms. The summed E-state index contributed by atoms with van der Waals surface area (Å²) in [5.41, 5.74) is -0.239. The summed E-state index contributed by atoms with van der Waals surface area (Å²) in [7, 11) is 0. The molecule has 2 bridgehead atoms. The van der Waals surface area contributed by atoms with Crippen molar-refractivity contribution in [1.82, 2.24) is 14.9 Å². The quantitative estimate of drug-likeness (QED) is 0.904. The second-order valence-electron chi connectivity index (χ2n) is 6.08. The highest BCUT2D eigenvalue weighted by molar-refractivity contribution is 5.88. The number of halogens is 2. The average molecular weight is 325 g/mol. The highest BCUT2D eigenvalue weighted by atomic mass is 19.3. The number of nitrogens with one attached hydrogen (secondary N) is 1. The second-order valence-corrected chi connectivity index (χ2v) is 6.08. The minimum absolute atomic E-state index is 0.0892. The van der Waals surface area contributed by atoms with Crippen molar-refractivity contribution in [2.45, 2.75) is 25.1 Å². The van der Waals surface area contributed by atoms with E-state index in [-0.39, 0.29) is 17.3 Å². The number of amidine groups is 1. The molecule has 1 N–H and O–H groups in total. The van der Waals surface area contributed by atoms with Crippen molar-refractivity contribution in [3.63, 3.8) is 0 Å². The van der Waals surface area contributed by atoms with Gasteiger partial charge in [0.15, 0.2) is 5.75 Å². The number of piperidine rings is 3. The van der Waals surface area contributed by atoms with Gasteiger partial charge in [-0.05, 0) is 25.9 Å². The van der Waals surface area contributed by atoms with Gasteiger partial charge < -0.3 is 9.47 Å². The molecule has 7 nitrogen and oxygen atoms in total. The Balaban J connectivity index is 1.39. The maximum atomic E-state index is 12.1. The molecule has 1 aromatic heterocycles. The molecule has 4 aliphatic rings. The van der Waals surface area contributed by atoms with E-state index in [0.29, 0.717) is 18.5 Å². The predicted molar refractivity (Wildman–Crippen MR) is 77.6 cm³/mol. The van der Waals surface area contributed by atoms with Gasteiger partial charge in [0.25, 0.3) is 6.02 Å². The van der Waals surface area contributed by atoms with Gasteiger partial charge in [-0.25, -0.2) is 15.0 Å². The minimum atomic E-state index is -2.89. The maximum absolute atomic E-state index is 12.1. The number of hydrogen-bond acceptors (Lipinski definition) is 7. The number of hydrogen-bond donors (Lipinski definition) is 1. The minimum Gasteiger partial charge on any atom is -0.455 e. The molecule has 1 unspecified atom stereocenters. The number of anilines is 1. The van der Waals surface area contributed by atoms with E-state index in [4.69, 9.17) is 4.74 Å². The van der Waals surface area contributed by atoms with Crippen LogP contribution in [-0.4, -0.2) is 59.3 Å². The number of rotatable bonds is 3. The molecule has 3 fully saturated rings. The van der Waals surface area contributed by atoms with Crippen LogP contribution in [0, 0.1) is 5.92 Å². The number of fused-ring (bicyclic) bond motifs is 2. The van der Waals surface area contributed by atoms with Gasteiger partial charge in [-0.1, -0.05) is 0 Å². The van der Waals surface area contributed by atoms with Crippen molar-refractivity contribution in [1.29, 1.82) is 0 Å². The zero-order valence-corrected chi connectivity index (χ0v) is 12.4. The van der Waals surface area contributed by atoms with Gasteiger partial charge in [-0.2, -0.15) is 8.78 Å². The first-order valence-electron chi connectivity index (χ1n) is 7.63. The van der Waals surface area contributed by atoms with E-state index >= 15 is 0 Å². The van der Waals surface area contributed by atoms with Crippen LogP contribution >= 0.6 is 0 Å². The van der Waals surface area contributed by atoms with Crippen LogP contribution in [0.1, 0.15) is 12.8 Å². The molecule has 1 spiro atoms. The third kappa shape index (κ3) is 2.80. The first-order valence-corrected chi connectivity index (χ1v) is 7.63. The molecule has 3 saturated heterocycles. The second kappa shape index (κ2) is 5.55. The monoisotopic (exact) mass is 325 g/mol. The lowest BCUT2D eigenvalue weighted by atomic mass is 9.75. The molecule has 0 radical (unpaired) electrons. The largest absolute Gasteiger partial charge is 0.455 e. The van der Waals surface area contributed by atoms with Gasteiger partial charge in [0.1, 0.15) is 5.60 Å². The summed E-state index contributed by atoms with van der Waals surface area (Å²) in [6.45, 7) is 0.898. The predicted octanol–water partition coefficient (Wildman–Crippen LogP) is 1.34. The number of alkyl halides is 2. The molecule has 0 saturated carbocycles. The fourth-order valence-electron chi connectivity index (χ4n) is 3.59. The highest BCUT2D eigenvalue weighted by Gasteiger charge is 2.51. The molecule has 124 valence electrons. The smallest absolute Gasteiger partial charge is 0.387 e. The molecular weight excluding hydrogens is 308 g/mol. The van der Waals surface area contributed by atoms with E-state index in [1.165, 1.54) is 12.4 Å². The lowest BCUT2D eigenvalue weighted by Gasteiger charge is -2.50. The summed E-state index contributed by atoms with van der Waals surface area (Å²) in [5.74, 6) is 0.677. The highest BCUT2D eigenvalue weighted by Crippen LogP contribution is 2.40. The summed E-state index contributed by atoms with van der Waals surface area (Å²) in [4.78, 5) is 14.7. The Bertz CT molecular complexity index is 604. The number of ether oxygens (including phenoxy) is 2. The van der Waals surface area contributed by atoms with Gasteiger partial charge in [0, 0.05) is 12.5 Å².